The molecule has 0 aromatic carbocycles. The first-order chi connectivity index (χ1) is 10.5. The zero-order chi connectivity index (χ0) is 16.1. The maximum Gasteiger partial charge on any atom is 0.348 e. The van der Waals surface area contributed by atoms with Crippen molar-refractivity contribution in [2.45, 2.75) is 46.5 Å². The van der Waals surface area contributed by atoms with Crippen LogP contribution in [0.15, 0.2) is 6.07 Å². The van der Waals surface area contributed by atoms with E-state index < -0.39 is 0 Å². The minimum Gasteiger partial charge on any atom is -0.451 e. The fourth-order valence-electron chi connectivity index (χ4n) is 2.56. The van der Waals surface area contributed by atoms with Gasteiger partial charge in [0.1, 0.15) is 4.88 Å². The molecule has 1 aromatic rings. The van der Waals surface area contributed by atoms with Crippen molar-refractivity contribution in [1.82, 2.24) is 5.32 Å². The third kappa shape index (κ3) is 4.83. The second-order valence-corrected chi connectivity index (χ2v) is 7.65. The van der Waals surface area contributed by atoms with Crippen molar-refractivity contribution in [2.24, 2.45) is 11.8 Å². The molecular formula is C17H25NO3S. The lowest BCUT2D eigenvalue weighted by molar-refractivity contribution is -0.124. The van der Waals surface area contributed by atoms with E-state index in [9.17, 15) is 9.59 Å². The number of thiophene rings is 1. The van der Waals surface area contributed by atoms with E-state index in [1.165, 1.54) is 28.2 Å². The zero-order valence-electron chi connectivity index (χ0n) is 13.6. The summed E-state index contributed by atoms with van der Waals surface area (Å²) in [7, 11) is 0. The van der Waals surface area contributed by atoms with Crippen molar-refractivity contribution in [3.8, 4) is 0 Å². The second-order valence-electron chi connectivity index (χ2n) is 6.52. The Morgan fingerprint density at radius 1 is 1.45 bits per heavy atom. The van der Waals surface area contributed by atoms with E-state index >= 15 is 0 Å². The standard InChI is InChI=1S/C17H25NO3S/c1-11(2)6-7-18-16(19)10-21-17(20)15-9-13-8-12(3)4-5-14(13)22-15/h9,11-12H,4-8,10H2,1-3H3,(H,18,19)/t12-/m0/s1. The van der Waals surface area contributed by atoms with Crippen molar-refractivity contribution in [2.75, 3.05) is 13.2 Å². The quantitative estimate of drug-likeness (QED) is 0.818. The van der Waals surface area contributed by atoms with Gasteiger partial charge in [-0.25, -0.2) is 4.79 Å². The number of aryl methyl sites for hydroxylation is 1. The molecule has 0 radical (unpaired) electrons. The molecule has 1 aromatic heterocycles. The Hall–Kier alpha value is -1.36. The summed E-state index contributed by atoms with van der Waals surface area (Å²) < 4.78 is 5.11. The van der Waals surface area contributed by atoms with Gasteiger partial charge < -0.3 is 10.1 Å². The molecule has 0 aliphatic heterocycles. The van der Waals surface area contributed by atoms with Gasteiger partial charge in [0.25, 0.3) is 5.91 Å². The van der Waals surface area contributed by atoms with E-state index in [4.69, 9.17) is 4.74 Å². The van der Waals surface area contributed by atoms with E-state index in [1.807, 2.05) is 6.07 Å². The third-order valence-electron chi connectivity index (χ3n) is 3.91. The van der Waals surface area contributed by atoms with Crippen molar-refractivity contribution >= 4 is 23.2 Å². The van der Waals surface area contributed by atoms with Crippen molar-refractivity contribution in [3.05, 3.63) is 21.4 Å². The predicted octanol–water partition coefficient (Wildman–Crippen LogP) is 3.19. The number of carbonyl (C=O) groups is 2. The Morgan fingerprint density at radius 2 is 2.23 bits per heavy atom. The SMILES string of the molecule is CC(C)CCNC(=O)COC(=O)c1cc2c(s1)CC[C@H](C)C2. The van der Waals surface area contributed by atoms with Gasteiger partial charge in [-0.2, -0.15) is 0 Å². The summed E-state index contributed by atoms with van der Waals surface area (Å²) in [6.07, 6.45) is 4.19. The molecule has 1 amide bonds. The first-order valence-electron chi connectivity index (χ1n) is 8.01. The maximum atomic E-state index is 12.0. The Kier molecular flexibility index (Phi) is 6.00. The summed E-state index contributed by atoms with van der Waals surface area (Å²) >= 11 is 1.51. The average molecular weight is 323 g/mol. The van der Waals surface area contributed by atoms with Crippen LogP contribution in [0.25, 0.3) is 0 Å². The minimum absolute atomic E-state index is 0.199. The van der Waals surface area contributed by atoms with Crippen molar-refractivity contribution < 1.29 is 14.3 Å². The molecule has 1 N–H and O–H groups in total. The van der Waals surface area contributed by atoms with Gasteiger partial charge in [0, 0.05) is 11.4 Å². The Labute approximate surface area is 136 Å². The van der Waals surface area contributed by atoms with Crippen LogP contribution >= 0.6 is 11.3 Å². The lowest BCUT2D eigenvalue weighted by Crippen LogP contribution is -2.30. The van der Waals surface area contributed by atoms with E-state index in [-0.39, 0.29) is 18.5 Å². The molecule has 1 aliphatic rings. The van der Waals surface area contributed by atoms with E-state index in [2.05, 4.69) is 26.1 Å². The number of fused-ring (bicyclic) bond motifs is 1. The lowest BCUT2D eigenvalue weighted by Gasteiger charge is -2.16. The van der Waals surface area contributed by atoms with Gasteiger partial charge in [-0.05, 0) is 49.1 Å². The molecule has 2 rings (SSSR count). The largest absolute Gasteiger partial charge is 0.451 e. The number of carbonyl (C=O) groups excluding carboxylic acids is 2. The highest BCUT2D eigenvalue weighted by Crippen LogP contribution is 2.32. The number of esters is 1. The summed E-state index contributed by atoms with van der Waals surface area (Å²) in [5, 5.41) is 2.76. The first-order valence-corrected chi connectivity index (χ1v) is 8.82. The van der Waals surface area contributed by atoms with Crippen molar-refractivity contribution in [1.29, 1.82) is 0 Å². The number of nitrogens with one attached hydrogen (secondary N) is 1. The van der Waals surface area contributed by atoms with Crippen LogP contribution in [0.1, 0.15) is 53.7 Å². The highest BCUT2D eigenvalue weighted by molar-refractivity contribution is 7.14. The number of rotatable bonds is 6. The van der Waals surface area contributed by atoms with Crippen LogP contribution in [0.5, 0.6) is 0 Å². The van der Waals surface area contributed by atoms with Gasteiger partial charge in [0.15, 0.2) is 6.61 Å². The van der Waals surface area contributed by atoms with Crippen molar-refractivity contribution in [3.63, 3.8) is 0 Å². The van der Waals surface area contributed by atoms with Crippen LogP contribution in [-0.4, -0.2) is 25.0 Å². The third-order valence-corrected chi connectivity index (χ3v) is 5.13. The average Bonchev–Trinajstić information content (AvgIpc) is 2.87. The van der Waals surface area contributed by atoms with E-state index in [0.717, 1.165) is 19.3 Å². The fraction of sp³-hybridized carbons (Fsp3) is 0.647. The van der Waals surface area contributed by atoms with Crippen LogP contribution in [0, 0.1) is 11.8 Å². The smallest absolute Gasteiger partial charge is 0.348 e. The molecule has 0 spiro atoms. The maximum absolute atomic E-state index is 12.0. The summed E-state index contributed by atoms with van der Waals surface area (Å²) in [6.45, 7) is 6.87. The normalized spacial score (nSPS) is 17.2. The Morgan fingerprint density at radius 3 is 2.95 bits per heavy atom. The van der Waals surface area contributed by atoms with Crippen LogP contribution in [0.4, 0.5) is 0 Å². The minimum atomic E-state index is -0.383. The highest BCUT2D eigenvalue weighted by Gasteiger charge is 2.21. The van der Waals surface area contributed by atoms with Crippen LogP contribution in [-0.2, 0) is 22.4 Å². The lowest BCUT2D eigenvalue weighted by atomic mass is 9.90. The molecule has 0 fully saturated rings. The monoisotopic (exact) mass is 323 g/mol. The summed E-state index contributed by atoms with van der Waals surface area (Å²) in [5.74, 6) is 0.607. The Bertz CT molecular complexity index is 536. The van der Waals surface area contributed by atoms with Crippen LogP contribution < -0.4 is 5.32 Å². The number of hydrogen-bond donors (Lipinski definition) is 1. The summed E-state index contributed by atoms with van der Waals surface area (Å²) in [6, 6.07) is 1.94. The number of amides is 1. The molecule has 5 heteroatoms. The summed E-state index contributed by atoms with van der Waals surface area (Å²) in [4.78, 5) is 25.6. The highest BCUT2D eigenvalue weighted by atomic mass is 32.1. The van der Waals surface area contributed by atoms with Gasteiger partial charge >= 0.3 is 5.97 Å². The van der Waals surface area contributed by atoms with Crippen LogP contribution in [0.2, 0.25) is 0 Å². The number of ether oxygens (including phenoxy) is 1. The zero-order valence-corrected chi connectivity index (χ0v) is 14.4. The molecule has 0 saturated carbocycles. The van der Waals surface area contributed by atoms with E-state index in [1.54, 1.807) is 0 Å². The molecule has 0 unspecified atom stereocenters. The molecule has 1 atom stereocenters. The predicted molar refractivity (Wildman–Crippen MR) is 88.3 cm³/mol. The van der Waals surface area contributed by atoms with Gasteiger partial charge in [-0.15, -0.1) is 11.3 Å². The molecule has 122 valence electrons. The molecule has 4 nitrogen and oxygen atoms in total. The molecule has 1 heterocycles. The Balaban J connectivity index is 1.79. The van der Waals surface area contributed by atoms with E-state index in [0.29, 0.717) is 23.3 Å². The van der Waals surface area contributed by atoms with Gasteiger partial charge in [0.05, 0.1) is 0 Å². The molecule has 0 saturated heterocycles. The van der Waals surface area contributed by atoms with Gasteiger partial charge in [-0.1, -0.05) is 20.8 Å². The first kappa shape index (κ1) is 17.0. The second kappa shape index (κ2) is 7.77. The molecule has 0 bridgehead atoms. The number of hydrogen-bond acceptors (Lipinski definition) is 4. The van der Waals surface area contributed by atoms with Gasteiger partial charge in [0.2, 0.25) is 0 Å². The molecule has 22 heavy (non-hydrogen) atoms. The topological polar surface area (TPSA) is 55.4 Å². The van der Waals surface area contributed by atoms with Gasteiger partial charge in [-0.3, -0.25) is 4.79 Å². The molecular weight excluding hydrogens is 298 g/mol. The van der Waals surface area contributed by atoms with Crippen LogP contribution in [0.3, 0.4) is 0 Å². The summed E-state index contributed by atoms with van der Waals surface area (Å²) in [5.41, 5.74) is 1.28. The fourth-order valence-corrected chi connectivity index (χ4v) is 3.66. The molecule has 1 aliphatic carbocycles.